The van der Waals surface area contributed by atoms with Crippen molar-refractivity contribution in [3.8, 4) is 5.75 Å². The minimum Gasteiger partial charge on any atom is -0.484 e. The van der Waals surface area contributed by atoms with Crippen LogP contribution in [-0.4, -0.2) is 13.1 Å². The zero-order valence-electron chi connectivity index (χ0n) is 11.7. The molecule has 0 aliphatic rings. The molecule has 1 N–H and O–H groups in total. The number of benzene rings is 2. The summed E-state index contributed by atoms with van der Waals surface area (Å²) in [4.78, 5) is 0. The van der Waals surface area contributed by atoms with Gasteiger partial charge in [0.25, 0.3) is 0 Å². The van der Waals surface area contributed by atoms with Gasteiger partial charge in [-0.25, -0.2) is 0 Å². The Kier molecular flexibility index (Phi) is 5.90. The van der Waals surface area contributed by atoms with Crippen molar-refractivity contribution >= 4 is 11.6 Å². The van der Waals surface area contributed by atoms with Crippen molar-refractivity contribution in [1.82, 2.24) is 5.32 Å². The fourth-order valence-electron chi connectivity index (χ4n) is 2.06. The van der Waals surface area contributed by atoms with E-state index in [2.05, 4.69) is 24.4 Å². The number of hydrogen-bond donors (Lipinski definition) is 1. The molecule has 0 saturated heterocycles. The van der Waals surface area contributed by atoms with E-state index in [4.69, 9.17) is 16.3 Å². The lowest BCUT2D eigenvalue weighted by Gasteiger charge is -2.20. The first-order valence-corrected chi connectivity index (χ1v) is 7.36. The van der Waals surface area contributed by atoms with Gasteiger partial charge in [-0.1, -0.05) is 61.0 Å². The first-order valence-electron chi connectivity index (χ1n) is 6.98. The molecule has 0 bridgehead atoms. The van der Waals surface area contributed by atoms with Gasteiger partial charge in [0.2, 0.25) is 0 Å². The average molecular weight is 290 g/mol. The van der Waals surface area contributed by atoms with Gasteiger partial charge in [0.15, 0.2) is 0 Å². The Bertz CT molecular complexity index is 515. The van der Waals surface area contributed by atoms with Crippen molar-refractivity contribution in [3.63, 3.8) is 0 Å². The summed E-state index contributed by atoms with van der Waals surface area (Å²) >= 11 is 6.18. The van der Waals surface area contributed by atoms with Crippen LogP contribution in [0.5, 0.6) is 5.75 Å². The molecule has 1 unspecified atom stereocenters. The topological polar surface area (TPSA) is 21.3 Å². The summed E-state index contributed by atoms with van der Waals surface area (Å²) in [5, 5.41) is 3.99. The molecule has 2 nitrogen and oxygen atoms in total. The standard InChI is InChI=1S/C17H20ClNO/c1-2-19-13-12-16(14-8-4-3-5-9-14)20-17-11-7-6-10-15(17)18/h3-11,16,19H,2,12-13H2,1H3. The van der Waals surface area contributed by atoms with E-state index in [1.54, 1.807) is 0 Å². The molecule has 3 heteroatoms. The summed E-state index contributed by atoms with van der Waals surface area (Å²) in [6.07, 6.45) is 0.915. The Morgan fingerprint density at radius 2 is 1.75 bits per heavy atom. The van der Waals surface area contributed by atoms with Crippen molar-refractivity contribution in [1.29, 1.82) is 0 Å². The van der Waals surface area contributed by atoms with Gasteiger partial charge in [-0.3, -0.25) is 0 Å². The monoisotopic (exact) mass is 289 g/mol. The molecule has 2 rings (SSSR count). The van der Waals surface area contributed by atoms with Crippen molar-refractivity contribution in [2.24, 2.45) is 0 Å². The highest BCUT2D eigenvalue weighted by Gasteiger charge is 2.14. The second-order valence-corrected chi connectivity index (χ2v) is 5.00. The Balaban J connectivity index is 2.12. The molecule has 0 aliphatic heterocycles. The molecule has 0 aliphatic carbocycles. The quantitative estimate of drug-likeness (QED) is 0.760. The third kappa shape index (κ3) is 4.26. The van der Waals surface area contributed by atoms with Crippen molar-refractivity contribution in [3.05, 3.63) is 65.2 Å². The minimum absolute atomic E-state index is 0.00940. The van der Waals surface area contributed by atoms with Crippen LogP contribution in [0.15, 0.2) is 54.6 Å². The maximum atomic E-state index is 6.18. The number of rotatable bonds is 7. The average Bonchev–Trinajstić information content (AvgIpc) is 2.49. The summed E-state index contributed by atoms with van der Waals surface area (Å²) in [6.45, 7) is 3.99. The summed E-state index contributed by atoms with van der Waals surface area (Å²) in [7, 11) is 0. The van der Waals surface area contributed by atoms with E-state index in [9.17, 15) is 0 Å². The van der Waals surface area contributed by atoms with Crippen LogP contribution in [0.2, 0.25) is 5.02 Å². The van der Waals surface area contributed by atoms with E-state index in [1.807, 2.05) is 42.5 Å². The Labute approximate surface area is 125 Å². The fraction of sp³-hybridized carbons (Fsp3) is 0.294. The van der Waals surface area contributed by atoms with Crippen LogP contribution in [0.25, 0.3) is 0 Å². The third-order valence-electron chi connectivity index (χ3n) is 3.11. The maximum Gasteiger partial charge on any atom is 0.138 e. The molecule has 1 atom stereocenters. The van der Waals surface area contributed by atoms with Gasteiger partial charge in [0, 0.05) is 6.42 Å². The third-order valence-corrected chi connectivity index (χ3v) is 3.42. The van der Waals surface area contributed by atoms with E-state index in [-0.39, 0.29) is 6.10 Å². The zero-order valence-corrected chi connectivity index (χ0v) is 12.4. The highest BCUT2D eigenvalue weighted by atomic mass is 35.5. The smallest absolute Gasteiger partial charge is 0.138 e. The molecule has 0 amide bonds. The molecule has 0 fully saturated rings. The molecule has 20 heavy (non-hydrogen) atoms. The summed E-state index contributed by atoms with van der Waals surface area (Å²) in [5.74, 6) is 0.736. The molecule has 0 aromatic heterocycles. The number of hydrogen-bond acceptors (Lipinski definition) is 2. The van der Waals surface area contributed by atoms with Gasteiger partial charge in [-0.05, 0) is 30.8 Å². The Morgan fingerprint density at radius 3 is 2.45 bits per heavy atom. The van der Waals surface area contributed by atoms with Gasteiger partial charge in [-0.2, -0.15) is 0 Å². The molecule has 0 spiro atoms. The van der Waals surface area contributed by atoms with E-state index in [0.717, 1.165) is 25.3 Å². The van der Waals surface area contributed by atoms with Crippen molar-refractivity contribution in [2.75, 3.05) is 13.1 Å². The lowest BCUT2D eigenvalue weighted by atomic mass is 10.1. The van der Waals surface area contributed by atoms with Gasteiger partial charge >= 0.3 is 0 Å². The minimum atomic E-state index is 0.00940. The van der Waals surface area contributed by atoms with Crippen LogP contribution in [0.3, 0.4) is 0 Å². The van der Waals surface area contributed by atoms with Crippen LogP contribution < -0.4 is 10.1 Å². The number of para-hydroxylation sites is 1. The molecule has 0 heterocycles. The largest absolute Gasteiger partial charge is 0.484 e. The Morgan fingerprint density at radius 1 is 1.05 bits per heavy atom. The first-order chi connectivity index (χ1) is 9.81. The SMILES string of the molecule is CCNCCC(Oc1ccccc1Cl)c1ccccc1. The predicted molar refractivity (Wildman–Crippen MR) is 84.4 cm³/mol. The van der Waals surface area contributed by atoms with Crippen molar-refractivity contribution in [2.45, 2.75) is 19.4 Å². The van der Waals surface area contributed by atoms with Crippen LogP contribution in [0.4, 0.5) is 0 Å². The first kappa shape index (κ1) is 14.9. The molecule has 0 saturated carbocycles. The predicted octanol–water partition coefficient (Wildman–Crippen LogP) is 4.46. The van der Waals surface area contributed by atoms with Crippen LogP contribution in [-0.2, 0) is 0 Å². The second-order valence-electron chi connectivity index (χ2n) is 4.59. The zero-order chi connectivity index (χ0) is 14.2. The molecular weight excluding hydrogens is 270 g/mol. The number of halogens is 1. The van der Waals surface area contributed by atoms with Gasteiger partial charge in [0.05, 0.1) is 5.02 Å². The number of ether oxygens (including phenoxy) is 1. The molecule has 0 radical (unpaired) electrons. The van der Waals surface area contributed by atoms with E-state index >= 15 is 0 Å². The molecule has 2 aromatic rings. The summed E-state index contributed by atoms with van der Waals surface area (Å²) < 4.78 is 6.11. The van der Waals surface area contributed by atoms with E-state index in [0.29, 0.717) is 5.02 Å². The molecule has 106 valence electrons. The van der Waals surface area contributed by atoms with E-state index in [1.165, 1.54) is 5.56 Å². The lowest BCUT2D eigenvalue weighted by molar-refractivity contribution is 0.194. The summed E-state index contributed by atoms with van der Waals surface area (Å²) in [5.41, 5.74) is 1.17. The summed E-state index contributed by atoms with van der Waals surface area (Å²) in [6, 6.07) is 17.9. The van der Waals surface area contributed by atoms with Crippen LogP contribution in [0.1, 0.15) is 25.0 Å². The highest BCUT2D eigenvalue weighted by molar-refractivity contribution is 6.32. The maximum absolute atomic E-state index is 6.18. The molecular formula is C17H20ClNO. The van der Waals surface area contributed by atoms with Crippen LogP contribution in [0, 0.1) is 0 Å². The number of nitrogens with one attached hydrogen (secondary N) is 1. The Hall–Kier alpha value is -1.51. The van der Waals surface area contributed by atoms with E-state index < -0.39 is 0 Å². The fourth-order valence-corrected chi connectivity index (χ4v) is 2.25. The normalized spacial score (nSPS) is 12.1. The molecule has 2 aromatic carbocycles. The van der Waals surface area contributed by atoms with Gasteiger partial charge < -0.3 is 10.1 Å². The van der Waals surface area contributed by atoms with Gasteiger partial charge in [-0.15, -0.1) is 0 Å². The van der Waals surface area contributed by atoms with Crippen LogP contribution >= 0.6 is 11.6 Å². The highest BCUT2D eigenvalue weighted by Crippen LogP contribution is 2.30. The lowest BCUT2D eigenvalue weighted by Crippen LogP contribution is -2.19. The second kappa shape index (κ2) is 7.93. The van der Waals surface area contributed by atoms with Gasteiger partial charge in [0.1, 0.15) is 11.9 Å². The van der Waals surface area contributed by atoms with Crippen molar-refractivity contribution < 1.29 is 4.74 Å².